The number of carboxylic acid groups (broad SMARTS) is 1. The van der Waals surface area contributed by atoms with E-state index >= 15 is 0 Å². The van der Waals surface area contributed by atoms with E-state index in [1.807, 2.05) is 0 Å². The van der Waals surface area contributed by atoms with Crippen molar-refractivity contribution in [3.63, 3.8) is 0 Å². The summed E-state index contributed by atoms with van der Waals surface area (Å²) in [5.74, 6) is -13.3. The van der Waals surface area contributed by atoms with E-state index in [0.717, 1.165) is 5.56 Å². The van der Waals surface area contributed by atoms with Crippen LogP contribution in [0.4, 0.5) is 17.6 Å². The molecular formula is C24H20F4N4O6. The molecule has 0 aliphatic heterocycles. The number of halogens is 4. The number of H-pyrrole nitrogens is 1. The average Bonchev–Trinajstić information content (AvgIpc) is 3.38. The number of aromatic nitrogens is 2. The first-order valence-corrected chi connectivity index (χ1v) is 10.9. The van der Waals surface area contributed by atoms with Gasteiger partial charge in [0.15, 0.2) is 23.2 Å². The summed E-state index contributed by atoms with van der Waals surface area (Å²) in [6.07, 6.45) is -0.960. The Kier molecular flexibility index (Phi) is 8.78. The van der Waals surface area contributed by atoms with Crippen molar-refractivity contribution in [3.8, 4) is 17.0 Å². The van der Waals surface area contributed by atoms with Crippen molar-refractivity contribution in [2.24, 2.45) is 0 Å². The number of ether oxygens (including phenoxy) is 1. The van der Waals surface area contributed by atoms with Gasteiger partial charge in [0.05, 0.1) is 12.1 Å². The Bertz CT molecular complexity index is 1340. The van der Waals surface area contributed by atoms with E-state index in [-0.39, 0.29) is 11.8 Å². The number of ketones is 1. The second kappa shape index (κ2) is 12.0. The summed E-state index contributed by atoms with van der Waals surface area (Å²) in [6.45, 7) is 0.0207. The molecule has 14 heteroatoms. The summed E-state index contributed by atoms with van der Waals surface area (Å²) in [7, 11) is 0. The van der Waals surface area contributed by atoms with Crippen molar-refractivity contribution < 1.29 is 46.6 Å². The zero-order valence-corrected chi connectivity index (χ0v) is 19.6. The number of amides is 2. The second-order valence-corrected chi connectivity index (χ2v) is 7.94. The van der Waals surface area contributed by atoms with E-state index in [2.05, 4.69) is 25.6 Å². The summed E-state index contributed by atoms with van der Waals surface area (Å²) >= 11 is 0. The predicted octanol–water partition coefficient (Wildman–Crippen LogP) is 2.36. The van der Waals surface area contributed by atoms with Crippen molar-refractivity contribution in [2.45, 2.75) is 25.4 Å². The van der Waals surface area contributed by atoms with E-state index < -0.39 is 77.7 Å². The number of carbonyl (C=O) groups excluding carboxylic acids is 3. The molecule has 0 aliphatic carbocycles. The first kappa shape index (κ1) is 27.8. The SMILES string of the molecule is C[C@H](NC(=O)c1cc(-c2ccccc2)n[nH]1)C(=O)N[C@@H](CC(=O)O)C(=O)COc1c(F)c(F)cc(F)c1F. The number of hydrogen-bond acceptors (Lipinski definition) is 6. The van der Waals surface area contributed by atoms with Crippen LogP contribution in [-0.4, -0.2) is 57.6 Å². The molecule has 4 N–H and O–H groups in total. The van der Waals surface area contributed by atoms with E-state index in [9.17, 15) is 36.7 Å². The van der Waals surface area contributed by atoms with Gasteiger partial charge in [-0.05, 0) is 13.0 Å². The standard InChI is InChI=1S/C24H20F4N4O6/c1-11(29-24(37)17-8-15(31-32-17)12-5-3-2-4-6-12)23(36)30-16(9-19(34)35)18(33)10-38-22-20(27)13(25)7-14(26)21(22)28/h2-8,11,16H,9-10H2,1H3,(H,29,37)(H,30,36)(H,31,32)(H,34,35)/t11-,16-/m0/s1. The zero-order valence-electron chi connectivity index (χ0n) is 19.6. The van der Waals surface area contributed by atoms with Crippen LogP contribution in [0.1, 0.15) is 23.8 Å². The minimum Gasteiger partial charge on any atom is -0.481 e. The molecule has 38 heavy (non-hydrogen) atoms. The first-order chi connectivity index (χ1) is 18.0. The number of carbonyl (C=O) groups is 4. The average molecular weight is 536 g/mol. The van der Waals surface area contributed by atoms with E-state index in [0.29, 0.717) is 5.69 Å². The highest BCUT2D eigenvalue weighted by Gasteiger charge is 2.29. The molecule has 0 spiro atoms. The van der Waals surface area contributed by atoms with Crippen molar-refractivity contribution in [3.05, 3.63) is 71.4 Å². The van der Waals surface area contributed by atoms with Crippen LogP contribution < -0.4 is 15.4 Å². The van der Waals surface area contributed by atoms with Crippen molar-refractivity contribution >= 4 is 23.6 Å². The predicted molar refractivity (Wildman–Crippen MR) is 122 cm³/mol. The van der Waals surface area contributed by atoms with E-state index in [4.69, 9.17) is 5.11 Å². The summed E-state index contributed by atoms with van der Waals surface area (Å²) in [6, 6.07) is 7.24. The van der Waals surface area contributed by atoms with Gasteiger partial charge in [-0.15, -0.1) is 0 Å². The van der Waals surface area contributed by atoms with Crippen molar-refractivity contribution in [1.29, 1.82) is 0 Å². The van der Waals surface area contributed by atoms with Crippen LogP contribution in [0, 0.1) is 23.3 Å². The quantitative estimate of drug-likeness (QED) is 0.217. The highest BCUT2D eigenvalue weighted by molar-refractivity contribution is 5.98. The molecule has 10 nitrogen and oxygen atoms in total. The van der Waals surface area contributed by atoms with Crippen LogP contribution in [0.3, 0.4) is 0 Å². The molecule has 0 saturated heterocycles. The van der Waals surface area contributed by atoms with Gasteiger partial charge < -0.3 is 20.5 Å². The first-order valence-electron chi connectivity index (χ1n) is 10.9. The number of nitrogens with one attached hydrogen (secondary N) is 3. The third-order valence-corrected chi connectivity index (χ3v) is 5.15. The van der Waals surface area contributed by atoms with Gasteiger partial charge in [-0.3, -0.25) is 24.3 Å². The van der Waals surface area contributed by atoms with Crippen LogP contribution in [0.25, 0.3) is 11.3 Å². The molecule has 2 aromatic carbocycles. The Labute approximate surface area is 212 Å². The third kappa shape index (κ3) is 6.72. The molecule has 0 saturated carbocycles. The van der Waals surface area contributed by atoms with Crippen LogP contribution in [0.5, 0.6) is 5.75 Å². The molecule has 200 valence electrons. The number of rotatable bonds is 11. The lowest BCUT2D eigenvalue weighted by Gasteiger charge is -2.20. The number of nitrogens with zero attached hydrogens (tertiary/aromatic N) is 1. The number of aliphatic carboxylic acids is 1. The minimum absolute atomic E-state index is 0.0152. The van der Waals surface area contributed by atoms with Gasteiger partial charge in [0.2, 0.25) is 17.5 Å². The lowest BCUT2D eigenvalue weighted by Crippen LogP contribution is -2.51. The molecular weight excluding hydrogens is 516 g/mol. The molecule has 1 heterocycles. The summed E-state index contributed by atoms with van der Waals surface area (Å²) in [5.41, 5.74) is 1.21. The maximum atomic E-state index is 13.8. The molecule has 0 radical (unpaired) electrons. The maximum absolute atomic E-state index is 13.8. The number of hydrogen-bond donors (Lipinski definition) is 4. The third-order valence-electron chi connectivity index (χ3n) is 5.15. The van der Waals surface area contributed by atoms with Crippen LogP contribution >= 0.6 is 0 Å². The molecule has 0 unspecified atom stereocenters. The Morgan fingerprint density at radius 1 is 1.00 bits per heavy atom. The molecule has 1 aromatic heterocycles. The summed E-state index contributed by atoms with van der Waals surface area (Å²) in [4.78, 5) is 48.7. The van der Waals surface area contributed by atoms with E-state index in [1.165, 1.54) is 13.0 Å². The van der Waals surface area contributed by atoms with Gasteiger partial charge in [0.1, 0.15) is 24.4 Å². The molecule has 3 rings (SSSR count). The van der Waals surface area contributed by atoms with Crippen molar-refractivity contribution in [2.75, 3.05) is 6.61 Å². The van der Waals surface area contributed by atoms with Crippen LogP contribution in [0.15, 0.2) is 42.5 Å². The van der Waals surface area contributed by atoms with Gasteiger partial charge >= 0.3 is 5.97 Å². The van der Waals surface area contributed by atoms with Gasteiger partial charge in [-0.25, -0.2) is 8.78 Å². The Balaban J connectivity index is 1.63. The fraction of sp³-hybridized carbons (Fsp3) is 0.208. The van der Waals surface area contributed by atoms with Crippen molar-refractivity contribution in [1.82, 2.24) is 20.8 Å². The van der Waals surface area contributed by atoms with Gasteiger partial charge in [0.25, 0.3) is 5.91 Å². The largest absolute Gasteiger partial charge is 0.481 e. The van der Waals surface area contributed by atoms with Crippen LogP contribution in [0.2, 0.25) is 0 Å². The monoisotopic (exact) mass is 536 g/mol. The smallest absolute Gasteiger partial charge is 0.305 e. The van der Waals surface area contributed by atoms with Crippen LogP contribution in [-0.2, 0) is 14.4 Å². The molecule has 0 aliphatic rings. The van der Waals surface area contributed by atoms with Gasteiger partial charge in [-0.2, -0.15) is 13.9 Å². The lowest BCUT2D eigenvalue weighted by molar-refractivity contribution is -0.140. The fourth-order valence-electron chi connectivity index (χ4n) is 3.17. The summed E-state index contributed by atoms with van der Waals surface area (Å²) in [5, 5.41) is 20.1. The van der Waals surface area contributed by atoms with Gasteiger partial charge in [-0.1, -0.05) is 30.3 Å². The molecule has 3 aromatic rings. The second-order valence-electron chi connectivity index (χ2n) is 7.94. The minimum atomic E-state index is -1.90. The Morgan fingerprint density at radius 2 is 1.63 bits per heavy atom. The molecule has 0 bridgehead atoms. The lowest BCUT2D eigenvalue weighted by atomic mass is 10.1. The van der Waals surface area contributed by atoms with Gasteiger partial charge in [0, 0.05) is 11.6 Å². The normalized spacial score (nSPS) is 12.3. The highest BCUT2D eigenvalue weighted by Crippen LogP contribution is 2.26. The highest BCUT2D eigenvalue weighted by atomic mass is 19.2. The number of aromatic amines is 1. The van der Waals surface area contributed by atoms with E-state index in [1.54, 1.807) is 30.3 Å². The summed E-state index contributed by atoms with van der Waals surface area (Å²) < 4.78 is 58.7. The Morgan fingerprint density at radius 3 is 2.24 bits per heavy atom. The zero-order chi connectivity index (χ0) is 28.0. The molecule has 0 fully saturated rings. The Hall–Kier alpha value is -4.75. The molecule has 2 atom stereocenters. The maximum Gasteiger partial charge on any atom is 0.305 e. The number of Topliss-reactive ketones (excluding diaryl/α,β-unsaturated/α-hetero) is 1. The number of carboxylic acids is 1. The topological polar surface area (TPSA) is 150 Å². The number of benzene rings is 2. The fourth-order valence-corrected chi connectivity index (χ4v) is 3.17. The molecule has 2 amide bonds.